The molecule has 1 aliphatic rings. The zero-order valence-electron chi connectivity index (χ0n) is 20.3. The van der Waals surface area contributed by atoms with E-state index in [1.54, 1.807) is 28.0 Å². The van der Waals surface area contributed by atoms with E-state index in [2.05, 4.69) is 9.97 Å². The maximum absolute atomic E-state index is 13.4. The topological polar surface area (TPSA) is 63.9 Å². The van der Waals surface area contributed by atoms with Crippen LogP contribution in [0.1, 0.15) is 41.1 Å². The molecule has 3 heterocycles. The van der Waals surface area contributed by atoms with Crippen molar-refractivity contribution in [2.45, 2.75) is 38.3 Å². The highest BCUT2D eigenvalue weighted by Gasteiger charge is 2.34. The van der Waals surface area contributed by atoms with Crippen molar-refractivity contribution in [3.8, 4) is 17.2 Å². The van der Waals surface area contributed by atoms with Gasteiger partial charge in [0.1, 0.15) is 0 Å². The Kier molecular flexibility index (Phi) is 6.78. The Labute approximate surface area is 212 Å². The van der Waals surface area contributed by atoms with E-state index in [4.69, 9.17) is 5.10 Å². The Bertz CT molecular complexity index is 1380. The summed E-state index contributed by atoms with van der Waals surface area (Å²) in [6.45, 7) is 2.91. The number of rotatable bonds is 5. The summed E-state index contributed by atoms with van der Waals surface area (Å²) in [6, 6.07) is 17.0. The minimum Gasteiger partial charge on any atom is -0.342 e. The summed E-state index contributed by atoms with van der Waals surface area (Å²) in [5.41, 5.74) is 2.96. The average molecular weight is 506 g/mol. The fourth-order valence-electron chi connectivity index (χ4n) is 4.78. The molecule has 1 saturated heterocycles. The second-order valence-electron chi connectivity index (χ2n) is 9.29. The first-order chi connectivity index (χ1) is 17.8. The molecule has 1 fully saturated rings. The molecule has 6 nitrogen and oxygen atoms in total. The lowest BCUT2D eigenvalue weighted by Gasteiger charge is -2.33. The summed E-state index contributed by atoms with van der Waals surface area (Å²) < 4.78 is 42.1. The largest absolute Gasteiger partial charge is 0.416 e. The van der Waals surface area contributed by atoms with Crippen LogP contribution in [0.25, 0.3) is 17.2 Å². The van der Waals surface area contributed by atoms with Crippen LogP contribution >= 0.6 is 0 Å². The van der Waals surface area contributed by atoms with Gasteiger partial charge in [-0.05, 0) is 43.5 Å². The lowest BCUT2D eigenvalue weighted by Crippen LogP contribution is -2.40. The van der Waals surface area contributed by atoms with Crippen molar-refractivity contribution in [3.05, 3.63) is 95.4 Å². The molecule has 2 aromatic heterocycles. The monoisotopic (exact) mass is 505 g/mol. The van der Waals surface area contributed by atoms with E-state index in [-0.39, 0.29) is 23.8 Å². The highest BCUT2D eigenvalue weighted by atomic mass is 19.4. The molecule has 0 saturated carbocycles. The van der Waals surface area contributed by atoms with Gasteiger partial charge in [-0.15, -0.1) is 0 Å². The molecular weight excluding hydrogens is 479 g/mol. The number of likely N-dealkylation sites (tertiary alicyclic amines) is 1. The number of halogens is 3. The highest BCUT2D eigenvalue weighted by molar-refractivity contribution is 5.79. The molecular formula is C28H26F3N5O. The van der Waals surface area contributed by atoms with Crippen LogP contribution in [0.3, 0.4) is 0 Å². The molecule has 1 unspecified atom stereocenters. The minimum atomic E-state index is -4.50. The zero-order chi connectivity index (χ0) is 26.0. The second kappa shape index (κ2) is 10.2. The molecule has 190 valence electrons. The number of alkyl halides is 3. The van der Waals surface area contributed by atoms with Gasteiger partial charge in [0.15, 0.2) is 0 Å². The smallest absolute Gasteiger partial charge is 0.342 e. The van der Waals surface area contributed by atoms with E-state index in [9.17, 15) is 18.0 Å². The standard InChI is InChI=1S/C28H26F3N5O/c1-19-9-11-20(12-10-19)24-17-25(36(34-24)27-32-13-5-14-33-27)22-7-4-15-35(18-22)26(37)16-21-6-2-3-8-23(21)28(29,30)31/h2-3,5-6,8-14,17,22H,4,7,15-16,18H2,1H3. The highest BCUT2D eigenvalue weighted by Crippen LogP contribution is 2.34. The van der Waals surface area contributed by atoms with E-state index < -0.39 is 11.7 Å². The van der Waals surface area contributed by atoms with Crippen LogP contribution in [0, 0.1) is 6.92 Å². The van der Waals surface area contributed by atoms with Gasteiger partial charge in [-0.25, -0.2) is 14.6 Å². The number of carbonyl (C=O) groups is 1. The number of piperidine rings is 1. The number of carbonyl (C=O) groups excluding carboxylic acids is 1. The number of aromatic nitrogens is 4. The van der Waals surface area contributed by atoms with Crippen molar-refractivity contribution in [1.82, 2.24) is 24.6 Å². The summed E-state index contributed by atoms with van der Waals surface area (Å²) in [5.74, 6) is 0.0478. The SMILES string of the molecule is Cc1ccc(-c2cc(C3CCCN(C(=O)Cc4ccccc4C(F)(F)F)C3)n(-c3ncccn3)n2)cc1. The minimum absolute atomic E-state index is 0.00786. The van der Waals surface area contributed by atoms with Crippen LogP contribution in [-0.2, 0) is 17.4 Å². The molecule has 5 rings (SSSR count). The van der Waals surface area contributed by atoms with Gasteiger partial charge < -0.3 is 4.90 Å². The zero-order valence-corrected chi connectivity index (χ0v) is 20.3. The van der Waals surface area contributed by atoms with E-state index in [1.807, 2.05) is 37.3 Å². The van der Waals surface area contributed by atoms with Crippen molar-refractivity contribution in [3.63, 3.8) is 0 Å². The first-order valence-electron chi connectivity index (χ1n) is 12.2. The molecule has 0 radical (unpaired) electrons. The molecule has 4 aromatic rings. The number of nitrogens with zero attached hydrogens (tertiary/aromatic N) is 5. The summed E-state index contributed by atoms with van der Waals surface area (Å²) in [5, 5.41) is 4.80. The average Bonchev–Trinajstić information content (AvgIpc) is 3.35. The van der Waals surface area contributed by atoms with Gasteiger partial charge in [-0.1, -0.05) is 48.0 Å². The van der Waals surface area contributed by atoms with Gasteiger partial charge in [0.2, 0.25) is 5.91 Å². The maximum atomic E-state index is 13.4. The molecule has 1 atom stereocenters. The molecule has 2 aromatic carbocycles. The van der Waals surface area contributed by atoms with Crippen molar-refractivity contribution >= 4 is 5.91 Å². The van der Waals surface area contributed by atoms with E-state index >= 15 is 0 Å². The number of benzene rings is 2. The summed E-state index contributed by atoms with van der Waals surface area (Å²) >= 11 is 0. The van der Waals surface area contributed by atoms with Crippen LogP contribution in [0.15, 0.2) is 73.1 Å². The second-order valence-corrected chi connectivity index (χ2v) is 9.29. The fourth-order valence-corrected chi connectivity index (χ4v) is 4.78. The van der Waals surface area contributed by atoms with E-state index in [1.165, 1.54) is 18.2 Å². The third-order valence-corrected chi connectivity index (χ3v) is 6.68. The van der Waals surface area contributed by atoms with Crippen LogP contribution in [0.4, 0.5) is 13.2 Å². The molecule has 0 N–H and O–H groups in total. The number of aryl methyl sites for hydroxylation is 1. The van der Waals surface area contributed by atoms with Gasteiger partial charge in [-0.3, -0.25) is 4.79 Å². The maximum Gasteiger partial charge on any atom is 0.416 e. The van der Waals surface area contributed by atoms with Crippen molar-refractivity contribution < 1.29 is 18.0 Å². The summed E-state index contributed by atoms with van der Waals surface area (Å²) in [7, 11) is 0. The fraction of sp³-hybridized carbons (Fsp3) is 0.286. The molecule has 37 heavy (non-hydrogen) atoms. The van der Waals surface area contributed by atoms with Crippen LogP contribution in [-0.4, -0.2) is 43.6 Å². The number of hydrogen-bond acceptors (Lipinski definition) is 4. The van der Waals surface area contributed by atoms with E-state index in [0.717, 1.165) is 41.4 Å². The molecule has 0 spiro atoms. The first-order valence-corrected chi connectivity index (χ1v) is 12.2. The van der Waals surface area contributed by atoms with Gasteiger partial charge >= 0.3 is 6.18 Å². The predicted molar refractivity (Wildman–Crippen MR) is 133 cm³/mol. The normalized spacial score (nSPS) is 16.1. The number of hydrogen-bond donors (Lipinski definition) is 0. The lowest BCUT2D eigenvalue weighted by atomic mass is 9.93. The molecule has 0 bridgehead atoms. The van der Waals surface area contributed by atoms with Crippen LogP contribution < -0.4 is 0 Å². The summed E-state index contributed by atoms with van der Waals surface area (Å²) in [6.07, 6.45) is 0.0447. The Balaban J connectivity index is 1.43. The van der Waals surface area contributed by atoms with Crippen LogP contribution in [0.2, 0.25) is 0 Å². The Morgan fingerprint density at radius 3 is 2.49 bits per heavy atom. The molecule has 9 heteroatoms. The number of amides is 1. The van der Waals surface area contributed by atoms with Crippen molar-refractivity contribution in [2.24, 2.45) is 0 Å². The molecule has 0 aliphatic carbocycles. The third kappa shape index (κ3) is 5.40. The van der Waals surface area contributed by atoms with Gasteiger partial charge in [0, 0.05) is 37.0 Å². The van der Waals surface area contributed by atoms with E-state index in [0.29, 0.717) is 19.0 Å². The lowest BCUT2D eigenvalue weighted by molar-refractivity contribution is -0.138. The molecule has 1 amide bonds. The summed E-state index contributed by atoms with van der Waals surface area (Å²) in [4.78, 5) is 23.6. The quantitative estimate of drug-likeness (QED) is 0.354. The predicted octanol–water partition coefficient (Wildman–Crippen LogP) is 5.61. The third-order valence-electron chi connectivity index (χ3n) is 6.68. The molecule has 1 aliphatic heterocycles. The Hall–Kier alpha value is -4.01. The van der Waals surface area contributed by atoms with Gasteiger partial charge in [0.25, 0.3) is 5.95 Å². The Morgan fingerprint density at radius 1 is 1.03 bits per heavy atom. The van der Waals surface area contributed by atoms with Gasteiger partial charge in [0.05, 0.1) is 23.4 Å². The van der Waals surface area contributed by atoms with Crippen molar-refractivity contribution in [2.75, 3.05) is 13.1 Å². The van der Waals surface area contributed by atoms with Gasteiger partial charge in [-0.2, -0.15) is 18.3 Å². The van der Waals surface area contributed by atoms with Crippen LogP contribution in [0.5, 0.6) is 0 Å². The first kappa shape index (κ1) is 24.7. The Morgan fingerprint density at radius 2 is 1.76 bits per heavy atom. The van der Waals surface area contributed by atoms with Crippen molar-refractivity contribution in [1.29, 1.82) is 0 Å².